The van der Waals surface area contributed by atoms with Crippen LogP contribution in [0.3, 0.4) is 0 Å². The molecule has 0 fully saturated rings. The highest BCUT2D eigenvalue weighted by Gasteiger charge is 2.24. The Morgan fingerprint density at radius 1 is 1.05 bits per heavy atom. The molecule has 0 unspecified atom stereocenters. The molecule has 0 aliphatic rings. The molecule has 5 heteroatoms. The number of benzene rings is 2. The first-order valence-electron chi connectivity index (χ1n) is 6.75. The number of nitrogens with zero attached hydrogens (tertiary/aromatic N) is 2. The molecule has 0 atom stereocenters. The zero-order valence-corrected chi connectivity index (χ0v) is 12.2. The summed E-state index contributed by atoms with van der Waals surface area (Å²) < 4.78 is 0. The number of aromatic nitrogens is 3. The number of aromatic hydroxyl groups is 2. The van der Waals surface area contributed by atoms with E-state index in [9.17, 15) is 10.2 Å². The SMILES string of the molecule is CC(C)(C)c1ccccc1-c1c(O)c(O)cc2n[nH]nc12. The summed E-state index contributed by atoms with van der Waals surface area (Å²) in [7, 11) is 0. The standard InChI is InChI=1S/C16H17N3O2/c1-16(2,3)10-7-5-4-6-9(10)13-14-11(17-19-18-14)8-12(20)15(13)21/h4-8,20-21H,1-3H3,(H,17,18,19). The van der Waals surface area contributed by atoms with Gasteiger partial charge in [-0.05, 0) is 16.5 Å². The average molecular weight is 283 g/mol. The van der Waals surface area contributed by atoms with Crippen LogP contribution in [0.4, 0.5) is 0 Å². The summed E-state index contributed by atoms with van der Waals surface area (Å²) >= 11 is 0. The molecule has 1 aromatic heterocycles. The van der Waals surface area contributed by atoms with E-state index in [1.54, 1.807) is 0 Å². The minimum atomic E-state index is -0.199. The number of aromatic amines is 1. The summed E-state index contributed by atoms with van der Waals surface area (Å²) in [5.74, 6) is -0.372. The number of phenols is 2. The summed E-state index contributed by atoms with van der Waals surface area (Å²) in [4.78, 5) is 0. The molecule has 2 aromatic carbocycles. The summed E-state index contributed by atoms with van der Waals surface area (Å²) in [5, 5.41) is 30.9. The van der Waals surface area contributed by atoms with Gasteiger partial charge in [-0.3, -0.25) is 0 Å². The molecular formula is C16H17N3O2. The minimum absolute atomic E-state index is 0.107. The molecule has 0 aliphatic heterocycles. The predicted octanol–water partition coefficient (Wildman–Crippen LogP) is 3.33. The second kappa shape index (κ2) is 4.48. The summed E-state index contributed by atoms with van der Waals surface area (Å²) in [6.07, 6.45) is 0. The molecule has 5 nitrogen and oxygen atoms in total. The lowest BCUT2D eigenvalue weighted by Crippen LogP contribution is -2.12. The van der Waals surface area contributed by atoms with Crippen LogP contribution >= 0.6 is 0 Å². The fraction of sp³-hybridized carbons (Fsp3) is 0.250. The third-order valence-electron chi connectivity index (χ3n) is 3.57. The number of phenolic OH excluding ortho intramolecular Hbond substituents is 2. The van der Waals surface area contributed by atoms with E-state index in [4.69, 9.17) is 0 Å². The Balaban J connectivity index is 2.41. The molecule has 3 N–H and O–H groups in total. The maximum absolute atomic E-state index is 10.3. The second-order valence-corrected chi connectivity index (χ2v) is 6.11. The zero-order chi connectivity index (χ0) is 15.2. The van der Waals surface area contributed by atoms with E-state index in [0.29, 0.717) is 16.6 Å². The Morgan fingerprint density at radius 2 is 1.76 bits per heavy atom. The van der Waals surface area contributed by atoms with E-state index >= 15 is 0 Å². The van der Waals surface area contributed by atoms with Crippen LogP contribution in [-0.4, -0.2) is 25.6 Å². The van der Waals surface area contributed by atoms with Crippen molar-refractivity contribution in [2.75, 3.05) is 0 Å². The Morgan fingerprint density at radius 3 is 2.48 bits per heavy atom. The molecule has 3 aromatic rings. The van der Waals surface area contributed by atoms with Crippen molar-refractivity contribution < 1.29 is 10.2 Å². The fourth-order valence-corrected chi connectivity index (χ4v) is 2.57. The summed E-state index contributed by atoms with van der Waals surface area (Å²) in [6.45, 7) is 6.31. The number of hydrogen-bond acceptors (Lipinski definition) is 4. The van der Waals surface area contributed by atoms with Crippen LogP contribution in [0.15, 0.2) is 30.3 Å². The average Bonchev–Trinajstić information content (AvgIpc) is 2.86. The van der Waals surface area contributed by atoms with E-state index < -0.39 is 0 Å². The van der Waals surface area contributed by atoms with Crippen molar-refractivity contribution in [3.63, 3.8) is 0 Å². The van der Waals surface area contributed by atoms with Crippen LogP contribution in [0.5, 0.6) is 11.5 Å². The molecule has 0 aliphatic carbocycles. The maximum atomic E-state index is 10.3. The van der Waals surface area contributed by atoms with Gasteiger partial charge >= 0.3 is 0 Å². The molecule has 0 radical (unpaired) electrons. The van der Waals surface area contributed by atoms with Gasteiger partial charge in [-0.2, -0.15) is 15.4 Å². The highest BCUT2D eigenvalue weighted by atomic mass is 16.3. The molecule has 108 valence electrons. The highest BCUT2D eigenvalue weighted by molar-refractivity contribution is 5.97. The third kappa shape index (κ3) is 2.11. The molecule has 1 heterocycles. The first-order chi connectivity index (χ1) is 9.89. The van der Waals surface area contributed by atoms with Gasteiger partial charge in [0.05, 0.1) is 5.56 Å². The highest BCUT2D eigenvalue weighted by Crippen LogP contribution is 2.44. The van der Waals surface area contributed by atoms with Crippen molar-refractivity contribution in [1.82, 2.24) is 15.4 Å². The summed E-state index contributed by atoms with van der Waals surface area (Å²) in [5.41, 5.74) is 3.37. The van der Waals surface area contributed by atoms with Crippen LogP contribution < -0.4 is 0 Å². The lowest BCUT2D eigenvalue weighted by Gasteiger charge is -2.23. The van der Waals surface area contributed by atoms with Gasteiger partial charge in [-0.1, -0.05) is 45.0 Å². The Labute approximate surface area is 122 Å². The maximum Gasteiger partial charge on any atom is 0.167 e. The summed E-state index contributed by atoms with van der Waals surface area (Å²) in [6, 6.07) is 9.20. The monoisotopic (exact) mass is 283 g/mol. The van der Waals surface area contributed by atoms with E-state index in [1.807, 2.05) is 24.3 Å². The predicted molar refractivity (Wildman–Crippen MR) is 81.4 cm³/mol. The van der Waals surface area contributed by atoms with E-state index in [-0.39, 0.29) is 16.9 Å². The molecule has 0 spiro atoms. The largest absolute Gasteiger partial charge is 0.504 e. The molecule has 0 amide bonds. The molecule has 21 heavy (non-hydrogen) atoms. The molecule has 0 saturated carbocycles. The third-order valence-corrected chi connectivity index (χ3v) is 3.57. The minimum Gasteiger partial charge on any atom is -0.504 e. The molecule has 0 bridgehead atoms. The van der Waals surface area contributed by atoms with E-state index in [2.05, 4.69) is 36.2 Å². The van der Waals surface area contributed by atoms with Gasteiger partial charge in [-0.15, -0.1) is 0 Å². The van der Waals surface area contributed by atoms with Crippen LogP contribution in [0.25, 0.3) is 22.2 Å². The van der Waals surface area contributed by atoms with Crippen molar-refractivity contribution in [2.45, 2.75) is 26.2 Å². The zero-order valence-electron chi connectivity index (χ0n) is 12.2. The van der Waals surface area contributed by atoms with Gasteiger partial charge in [0.15, 0.2) is 11.5 Å². The van der Waals surface area contributed by atoms with Crippen LogP contribution in [-0.2, 0) is 5.41 Å². The van der Waals surface area contributed by atoms with Gasteiger partial charge < -0.3 is 10.2 Å². The van der Waals surface area contributed by atoms with Gasteiger partial charge in [0.1, 0.15) is 11.0 Å². The second-order valence-electron chi connectivity index (χ2n) is 6.11. The van der Waals surface area contributed by atoms with Crippen molar-refractivity contribution in [1.29, 1.82) is 0 Å². The van der Waals surface area contributed by atoms with Crippen LogP contribution in [0.2, 0.25) is 0 Å². The fourth-order valence-electron chi connectivity index (χ4n) is 2.57. The van der Waals surface area contributed by atoms with Gasteiger partial charge in [0, 0.05) is 6.07 Å². The van der Waals surface area contributed by atoms with Gasteiger partial charge in [0.25, 0.3) is 0 Å². The van der Waals surface area contributed by atoms with Crippen LogP contribution in [0.1, 0.15) is 26.3 Å². The lowest BCUT2D eigenvalue weighted by molar-refractivity contribution is 0.406. The molecule has 0 saturated heterocycles. The number of fused-ring (bicyclic) bond motifs is 1. The topological polar surface area (TPSA) is 82.0 Å². The Kier molecular flexibility index (Phi) is 2.86. The van der Waals surface area contributed by atoms with Crippen molar-refractivity contribution >= 4 is 11.0 Å². The van der Waals surface area contributed by atoms with Crippen molar-refractivity contribution in [3.8, 4) is 22.6 Å². The van der Waals surface area contributed by atoms with Gasteiger partial charge in [-0.25, -0.2) is 0 Å². The van der Waals surface area contributed by atoms with Crippen molar-refractivity contribution in [3.05, 3.63) is 35.9 Å². The van der Waals surface area contributed by atoms with E-state index in [1.165, 1.54) is 6.07 Å². The molecular weight excluding hydrogens is 266 g/mol. The first kappa shape index (κ1) is 13.4. The number of H-pyrrole nitrogens is 1. The quantitative estimate of drug-likeness (QED) is 0.598. The van der Waals surface area contributed by atoms with Crippen LogP contribution in [0, 0.1) is 0 Å². The Bertz CT molecular complexity index is 816. The smallest absolute Gasteiger partial charge is 0.167 e. The number of rotatable bonds is 1. The number of nitrogens with one attached hydrogen (secondary N) is 1. The van der Waals surface area contributed by atoms with Crippen molar-refractivity contribution in [2.24, 2.45) is 0 Å². The van der Waals surface area contributed by atoms with E-state index in [0.717, 1.165) is 11.1 Å². The first-order valence-corrected chi connectivity index (χ1v) is 6.75. The van der Waals surface area contributed by atoms with Gasteiger partial charge in [0.2, 0.25) is 0 Å². The lowest BCUT2D eigenvalue weighted by atomic mass is 9.81. The normalized spacial score (nSPS) is 12.0. The molecule has 3 rings (SSSR count). The number of hydrogen-bond donors (Lipinski definition) is 3. The Hall–Kier alpha value is -2.56.